The first-order chi connectivity index (χ1) is 0. The molecular formula is H5BiO4. The van der Waals surface area contributed by atoms with E-state index in [1.165, 1.54) is 0 Å². The molecule has 0 saturated carbocycles. The Hall–Kier alpha value is 0.723. The third-order valence-electron chi connectivity index (χ3n) is 0. The predicted octanol–water partition coefficient (Wildman–Crippen LogP) is -1.74. The molecule has 0 unspecified atom stereocenters. The van der Waals surface area contributed by atoms with Crippen LogP contribution in [-0.4, -0.2) is 48.1 Å². The van der Waals surface area contributed by atoms with Gasteiger partial charge in [0.25, 0.3) is 0 Å². The Morgan fingerprint density at radius 2 is 0.600 bits per heavy atom. The molecule has 0 aliphatic heterocycles. The summed E-state index contributed by atoms with van der Waals surface area (Å²) in [5.41, 5.74) is 0. The fraction of sp³-hybridized carbons (Fsp3) is 0. The van der Waals surface area contributed by atoms with Gasteiger partial charge in [-0.2, -0.15) is 0 Å². The fourth-order valence-electron chi connectivity index (χ4n) is 0. The summed E-state index contributed by atoms with van der Waals surface area (Å²) in [4.78, 5) is 0. The van der Waals surface area contributed by atoms with E-state index in [0.717, 1.165) is 0 Å². The zero-order chi connectivity index (χ0) is 0. The van der Waals surface area contributed by atoms with E-state index in [1.807, 2.05) is 0 Å². The Bertz CT molecular complexity index is 3.61. The van der Waals surface area contributed by atoms with Crippen molar-refractivity contribution in [2.75, 3.05) is 0 Å². The van der Waals surface area contributed by atoms with Gasteiger partial charge in [0.15, 0.2) is 0 Å². The second-order valence-corrected chi connectivity index (χ2v) is 0. The third kappa shape index (κ3) is 67.0. The molecule has 0 spiro atoms. The third-order valence-corrected chi connectivity index (χ3v) is 0. The summed E-state index contributed by atoms with van der Waals surface area (Å²) in [5, 5.41) is 0. The zero-order valence-electron chi connectivity index (χ0n) is 2.29. The minimum absolute atomic E-state index is 0. The van der Waals surface area contributed by atoms with Crippen LogP contribution < -0.4 is 0 Å². The molecule has 5 N–H and O–H groups in total. The molecule has 0 aromatic carbocycles. The van der Waals surface area contributed by atoms with Crippen LogP contribution in [0.3, 0.4) is 0 Å². The van der Waals surface area contributed by atoms with E-state index in [2.05, 4.69) is 0 Å². The van der Waals surface area contributed by atoms with Crippen LogP contribution in [0.1, 0.15) is 0 Å². The van der Waals surface area contributed by atoms with E-state index < -0.39 is 0 Å². The van der Waals surface area contributed by atoms with Gasteiger partial charge < -0.3 is 21.9 Å². The average Bonchev–Trinajstić information content (AvgIpc) is 0. The van der Waals surface area contributed by atoms with Crippen LogP contribution in [0.4, 0.5) is 0 Å². The Morgan fingerprint density at radius 1 is 0.600 bits per heavy atom. The Balaban J connectivity index is 0. The standard InChI is InChI=1S/Bi.4H2O/h;4*1H2/q+3;;;;/p-3. The van der Waals surface area contributed by atoms with Crippen molar-refractivity contribution in [1.82, 2.24) is 0 Å². The molecule has 5 heteroatoms. The van der Waals surface area contributed by atoms with Crippen molar-refractivity contribution in [3.8, 4) is 0 Å². The summed E-state index contributed by atoms with van der Waals surface area (Å²) < 4.78 is 0. The second kappa shape index (κ2) is 125. The molecule has 0 heterocycles. The van der Waals surface area contributed by atoms with Crippen LogP contribution in [0.15, 0.2) is 0 Å². The van der Waals surface area contributed by atoms with Gasteiger partial charge in [-0.1, -0.05) is 0 Å². The summed E-state index contributed by atoms with van der Waals surface area (Å²) >= 11 is 0. The molecule has 0 amide bonds. The van der Waals surface area contributed by atoms with Crippen LogP contribution in [0.2, 0.25) is 0 Å². The van der Waals surface area contributed by atoms with Crippen molar-refractivity contribution < 1.29 is 21.9 Å². The molecule has 2 radical (unpaired) electrons. The summed E-state index contributed by atoms with van der Waals surface area (Å²) in [6.07, 6.45) is 0. The van der Waals surface area contributed by atoms with Gasteiger partial charge in [-0.3, -0.25) is 0 Å². The maximum atomic E-state index is 0. The van der Waals surface area contributed by atoms with Gasteiger partial charge in [0.1, 0.15) is 0 Å². The second-order valence-electron chi connectivity index (χ2n) is 0. The fourth-order valence-corrected chi connectivity index (χ4v) is 0. The van der Waals surface area contributed by atoms with Gasteiger partial charge in [-0.25, -0.2) is 0 Å². The molecule has 34 valence electrons. The topological polar surface area (TPSA) is 122 Å². The predicted molar refractivity (Wildman–Crippen MR) is 15.2 cm³/mol. The molecule has 0 rings (SSSR count). The quantitative estimate of drug-likeness (QED) is 0.489. The van der Waals surface area contributed by atoms with E-state index in [-0.39, 0.29) is 48.1 Å². The summed E-state index contributed by atoms with van der Waals surface area (Å²) in [5.74, 6) is 0. The van der Waals surface area contributed by atoms with E-state index >= 15 is 0 Å². The average molecular weight is 278 g/mol. The van der Waals surface area contributed by atoms with Crippen LogP contribution in [-0.2, 0) is 0 Å². The SMILES string of the molecule is O.[Bi+3].[OH-].[OH-].[OH-]. The molecule has 0 atom stereocenters. The zero-order valence-corrected chi connectivity index (χ0v) is 5.77. The molecule has 0 aliphatic carbocycles. The molecule has 0 fully saturated rings. The maximum absolute atomic E-state index is 0. The summed E-state index contributed by atoms with van der Waals surface area (Å²) in [6.45, 7) is 0. The van der Waals surface area contributed by atoms with Crippen molar-refractivity contribution in [3.63, 3.8) is 0 Å². The smallest absolute Gasteiger partial charge is 0.870 e. The molecule has 0 saturated heterocycles. The van der Waals surface area contributed by atoms with Crippen molar-refractivity contribution in [3.05, 3.63) is 0 Å². The van der Waals surface area contributed by atoms with Crippen LogP contribution >= 0.6 is 0 Å². The minimum Gasteiger partial charge on any atom is -0.870 e. The molecule has 0 aromatic heterocycles. The molecule has 0 aliphatic rings. The van der Waals surface area contributed by atoms with Gasteiger partial charge in [-0.05, 0) is 0 Å². The monoisotopic (exact) mass is 278 g/mol. The van der Waals surface area contributed by atoms with Crippen molar-refractivity contribution >= 4 is 26.2 Å². The van der Waals surface area contributed by atoms with Gasteiger partial charge in [0.2, 0.25) is 0 Å². The van der Waals surface area contributed by atoms with E-state index in [4.69, 9.17) is 0 Å². The molecular weight excluding hydrogens is 273 g/mol. The molecule has 0 aromatic rings. The van der Waals surface area contributed by atoms with Crippen molar-refractivity contribution in [2.24, 2.45) is 0 Å². The normalized spacial score (nSPS) is 0. The first-order valence-corrected chi connectivity index (χ1v) is 0. The van der Waals surface area contributed by atoms with Gasteiger partial charge in [-0.15, -0.1) is 0 Å². The van der Waals surface area contributed by atoms with Crippen LogP contribution in [0.25, 0.3) is 0 Å². The summed E-state index contributed by atoms with van der Waals surface area (Å²) in [6, 6.07) is 0. The van der Waals surface area contributed by atoms with Crippen LogP contribution in [0.5, 0.6) is 0 Å². The molecule has 5 heavy (non-hydrogen) atoms. The van der Waals surface area contributed by atoms with Gasteiger partial charge >= 0.3 is 26.2 Å². The number of hydrogen-bond acceptors (Lipinski definition) is 3. The molecule has 0 bridgehead atoms. The van der Waals surface area contributed by atoms with Gasteiger partial charge in [0.05, 0.1) is 0 Å². The van der Waals surface area contributed by atoms with Gasteiger partial charge in [0, 0.05) is 0 Å². The first-order valence-electron chi connectivity index (χ1n) is 0. The van der Waals surface area contributed by atoms with E-state index in [9.17, 15) is 0 Å². The van der Waals surface area contributed by atoms with Crippen molar-refractivity contribution in [2.45, 2.75) is 0 Å². The summed E-state index contributed by atoms with van der Waals surface area (Å²) in [7, 11) is 0. The Kier molecular flexibility index (Phi) is 6110. The number of hydrogen-bond donors (Lipinski definition) is 0. The Morgan fingerprint density at radius 3 is 0.600 bits per heavy atom. The minimum atomic E-state index is 0. The Labute approximate surface area is 48.5 Å². The van der Waals surface area contributed by atoms with E-state index in [0.29, 0.717) is 0 Å². The largest absolute Gasteiger partial charge is 3.00 e. The van der Waals surface area contributed by atoms with Crippen molar-refractivity contribution in [1.29, 1.82) is 0 Å². The first kappa shape index (κ1) is 244. The van der Waals surface area contributed by atoms with Crippen LogP contribution in [0, 0.1) is 0 Å². The number of rotatable bonds is 0. The maximum Gasteiger partial charge on any atom is 3.00 e. The van der Waals surface area contributed by atoms with E-state index in [1.54, 1.807) is 0 Å². The molecule has 4 nitrogen and oxygen atoms in total.